The average molecular weight is 434 g/mol. The van der Waals surface area contributed by atoms with Crippen LogP contribution in [0.15, 0.2) is 36.7 Å². The molecule has 1 aromatic carbocycles. The molecule has 0 spiro atoms. The van der Waals surface area contributed by atoms with Crippen molar-refractivity contribution in [3.05, 3.63) is 58.9 Å². The number of likely N-dealkylation sites (N-methyl/N-ethyl adjacent to an activating group) is 1. The van der Waals surface area contributed by atoms with E-state index in [-0.39, 0.29) is 23.8 Å². The Morgan fingerprint density at radius 3 is 2.81 bits per heavy atom. The molecule has 3 heterocycles. The summed E-state index contributed by atoms with van der Waals surface area (Å²) in [6.45, 7) is 4.07. The maximum absolute atomic E-state index is 13.0. The zero-order valence-corrected chi connectivity index (χ0v) is 18.3. The van der Waals surface area contributed by atoms with Gasteiger partial charge in [-0.2, -0.15) is 5.10 Å². The van der Waals surface area contributed by atoms with Gasteiger partial charge in [-0.15, -0.1) is 0 Å². The molecular weight excluding hydrogens is 408 g/mol. The molecule has 1 saturated heterocycles. The molecule has 0 bridgehead atoms. The fourth-order valence-electron chi connectivity index (χ4n) is 4.77. The highest BCUT2D eigenvalue weighted by Crippen LogP contribution is 2.37. The number of amides is 2. The number of aryl methyl sites for hydroxylation is 2. The number of fused-ring (bicyclic) bond motifs is 2. The molecule has 2 N–H and O–H groups in total. The van der Waals surface area contributed by atoms with Gasteiger partial charge in [0.2, 0.25) is 5.91 Å². The lowest BCUT2D eigenvalue weighted by Crippen LogP contribution is -2.60. The number of ether oxygens (including phenoxy) is 1. The monoisotopic (exact) mass is 434 g/mol. The van der Waals surface area contributed by atoms with Crippen LogP contribution in [0, 0.1) is 6.92 Å². The van der Waals surface area contributed by atoms with Crippen molar-refractivity contribution in [1.29, 1.82) is 0 Å². The average Bonchev–Trinajstić information content (AvgIpc) is 3.37. The summed E-state index contributed by atoms with van der Waals surface area (Å²) in [5.74, 6) is 1.10. The van der Waals surface area contributed by atoms with Crippen molar-refractivity contribution >= 4 is 17.3 Å². The van der Waals surface area contributed by atoms with E-state index in [9.17, 15) is 14.7 Å². The van der Waals surface area contributed by atoms with E-state index in [0.717, 1.165) is 35.0 Å². The Kier molecular flexibility index (Phi) is 4.89. The van der Waals surface area contributed by atoms with Crippen LogP contribution >= 0.6 is 0 Å². The van der Waals surface area contributed by atoms with Gasteiger partial charge < -0.3 is 20.1 Å². The van der Waals surface area contributed by atoms with Gasteiger partial charge in [-0.1, -0.05) is 6.07 Å². The molecule has 2 aromatic heterocycles. The zero-order chi connectivity index (χ0) is 22.6. The Labute approximate surface area is 185 Å². The molecule has 0 radical (unpaired) electrons. The van der Waals surface area contributed by atoms with Crippen LogP contribution in [0.4, 0.5) is 0 Å². The summed E-state index contributed by atoms with van der Waals surface area (Å²) in [4.78, 5) is 26.8. The van der Waals surface area contributed by atoms with Crippen molar-refractivity contribution in [3.63, 3.8) is 0 Å². The molecule has 5 rings (SSSR count). The van der Waals surface area contributed by atoms with Gasteiger partial charge >= 0.3 is 0 Å². The topological polar surface area (TPSA) is 96.2 Å². The van der Waals surface area contributed by atoms with Gasteiger partial charge in [-0.05, 0) is 55.5 Å². The number of aliphatic hydroxyl groups is 1. The standard InChI is InChI=1S/C24H26N4O4/c1-13-19(24(31)27-12-20(29)14(27)2)11-28-22(13)21(8-9-26-28)32-16-5-7-17-15(10-16)4-6-18(17)23(30)25-3/h5,7-11,14,18,20,29H,4,6,12H2,1-3H3,(H,25,30)/t14-,18+,20-/m1/s1. The first-order valence-electron chi connectivity index (χ1n) is 10.9. The van der Waals surface area contributed by atoms with E-state index in [1.54, 1.807) is 34.9 Å². The second-order valence-electron chi connectivity index (χ2n) is 8.59. The summed E-state index contributed by atoms with van der Waals surface area (Å²) >= 11 is 0. The number of carbonyl (C=O) groups excluding carboxylic acids is 2. The van der Waals surface area contributed by atoms with Gasteiger partial charge in [-0.3, -0.25) is 9.59 Å². The largest absolute Gasteiger partial charge is 0.455 e. The molecule has 0 saturated carbocycles. The number of hydrogen-bond acceptors (Lipinski definition) is 5. The lowest BCUT2D eigenvalue weighted by Gasteiger charge is -2.43. The Bertz CT molecular complexity index is 1230. The van der Waals surface area contributed by atoms with Gasteiger partial charge in [-0.25, -0.2) is 4.52 Å². The smallest absolute Gasteiger partial charge is 0.256 e. The molecular formula is C24H26N4O4. The van der Waals surface area contributed by atoms with E-state index in [0.29, 0.717) is 23.6 Å². The van der Waals surface area contributed by atoms with E-state index in [1.807, 2.05) is 32.0 Å². The fourth-order valence-corrected chi connectivity index (χ4v) is 4.77. The maximum atomic E-state index is 13.0. The highest BCUT2D eigenvalue weighted by molar-refractivity contribution is 5.99. The number of benzene rings is 1. The number of nitrogens with zero attached hydrogens (tertiary/aromatic N) is 3. The second kappa shape index (κ2) is 7.63. The maximum Gasteiger partial charge on any atom is 0.256 e. The first kappa shape index (κ1) is 20.5. The molecule has 3 aromatic rings. The summed E-state index contributed by atoms with van der Waals surface area (Å²) in [5.41, 5.74) is 4.24. The molecule has 1 aliphatic carbocycles. The summed E-state index contributed by atoms with van der Waals surface area (Å²) in [7, 11) is 1.66. The van der Waals surface area contributed by atoms with Gasteiger partial charge in [0.25, 0.3) is 5.91 Å². The summed E-state index contributed by atoms with van der Waals surface area (Å²) in [6, 6.07) is 7.42. The number of aromatic nitrogens is 2. The number of hydrogen-bond donors (Lipinski definition) is 2. The Hall–Kier alpha value is -3.39. The number of likely N-dealkylation sites (tertiary alicyclic amines) is 1. The Morgan fingerprint density at radius 2 is 2.09 bits per heavy atom. The van der Waals surface area contributed by atoms with E-state index in [4.69, 9.17) is 4.74 Å². The highest BCUT2D eigenvalue weighted by Gasteiger charge is 2.38. The predicted molar refractivity (Wildman–Crippen MR) is 118 cm³/mol. The second-order valence-corrected chi connectivity index (χ2v) is 8.59. The van der Waals surface area contributed by atoms with E-state index >= 15 is 0 Å². The number of β-amino-alcohol motifs (C(OH)–C–C–N with tert-alkyl or cyclic N) is 1. The van der Waals surface area contributed by atoms with Gasteiger partial charge in [0.05, 0.1) is 29.8 Å². The van der Waals surface area contributed by atoms with Crippen LogP contribution in [-0.4, -0.2) is 57.2 Å². The molecule has 8 heteroatoms. The van der Waals surface area contributed by atoms with E-state index in [1.165, 1.54) is 0 Å². The molecule has 3 atom stereocenters. The van der Waals surface area contributed by atoms with Crippen molar-refractivity contribution in [3.8, 4) is 11.5 Å². The Balaban J connectivity index is 1.45. The van der Waals surface area contributed by atoms with Crippen molar-refractivity contribution in [2.24, 2.45) is 0 Å². The van der Waals surface area contributed by atoms with E-state index in [2.05, 4.69) is 10.4 Å². The third kappa shape index (κ3) is 3.14. The van der Waals surface area contributed by atoms with Crippen LogP contribution in [-0.2, 0) is 11.2 Å². The molecule has 2 aliphatic rings. The lowest BCUT2D eigenvalue weighted by molar-refractivity contribution is -0.122. The quantitative estimate of drug-likeness (QED) is 0.658. The van der Waals surface area contributed by atoms with Gasteiger partial charge in [0.1, 0.15) is 11.3 Å². The first-order valence-corrected chi connectivity index (χ1v) is 10.9. The molecule has 32 heavy (non-hydrogen) atoms. The van der Waals surface area contributed by atoms with Crippen molar-refractivity contribution in [1.82, 2.24) is 19.8 Å². The summed E-state index contributed by atoms with van der Waals surface area (Å²) < 4.78 is 7.89. The van der Waals surface area contributed by atoms with Crippen LogP contribution in [0.5, 0.6) is 11.5 Å². The first-order chi connectivity index (χ1) is 15.4. The third-order valence-corrected chi connectivity index (χ3v) is 6.80. The van der Waals surface area contributed by atoms with Crippen LogP contribution < -0.4 is 10.1 Å². The minimum Gasteiger partial charge on any atom is -0.455 e. The van der Waals surface area contributed by atoms with Crippen molar-refractivity contribution < 1.29 is 19.4 Å². The predicted octanol–water partition coefficient (Wildman–Crippen LogP) is 2.42. The minimum absolute atomic E-state index is 0.0401. The van der Waals surface area contributed by atoms with Crippen LogP contribution in [0.3, 0.4) is 0 Å². The highest BCUT2D eigenvalue weighted by atomic mass is 16.5. The van der Waals surface area contributed by atoms with Crippen LogP contribution in [0.25, 0.3) is 5.52 Å². The number of carbonyl (C=O) groups is 2. The normalized spacial score (nSPS) is 21.9. The van der Waals surface area contributed by atoms with Crippen molar-refractivity contribution in [2.45, 2.75) is 44.8 Å². The molecule has 1 aliphatic heterocycles. The van der Waals surface area contributed by atoms with Crippen LogP contribution in [0.2, 0.25) is 0 Å². The summed E-state index contributed by atoms with van der Waals surface area (Å²) in [6.07, 6.45) is 4.51. The molecule has 8 nitrogen and oxygen atoms in total. The van der Waals surface area contributed by atoms with Crippen molar-refractivity contribution in [2.75, 3.05) is 13.6 Å². The molecule has 166 valence electrons. The molecule has 2 amide bonds. The molecule has 0 unspecified atom stereocenters. The SMILES string of the molecule is CNC(=O)[C@H]1CCc2cc(Oc3ccnn4cc(C(=O)N5C[C@@H](O)[C@H]5C)c(C)c34)ccc21. The zero-order valence-electron chi connectivity index (χ0n) is 18.3. The van der Waals surface area contributed by atoms with Gasteiger partial charge in [0, 0.05) is 25.9 Å². The van der Waals surface area contributed by atoms with Gasteiger partial charge in [0.15, 0.2) is 5.75 Å². The fraction of sp³-hybridized carbons (Fsp3) is 0.375. The van der Waals surface area contributed by atoms with E-state index < -0.39 is 6.10 Å². The number of aliphatic hydroxyl groups excluding tert-OH is 1. The minimum atomic E-state index is -0.476. The third-order valence-electron chi connectivity index (χ3n) is 6.80. The lowest BCUT2D eigenvalue weighted by atomic mass is 9.99. The summed E-state index contributed by atoms with van der Waals surface area (Å²) in [5, 5.41) is 16.9. The Morgan fingerprint density at radius 1 is 1.28 bits per heavy atom. The van der Waals surface area contributed by atoms with Crippen LogP contribution in [0.1, 0.15) is 46.3 Å². The molecule has 1 fully saturated rings. The number of nitrogens with one attached hydrogen (secondary N) is 1. The number of rotatable bonds is 4.